The fraction of sp³-hybridized carbons (Fsp3) is 0.500. The van der Waals surface area contributed by atoms with E-state index in [0.717, 1.165) is 31.7 Å². The Labute approximate surface area is 188 Å². The molecule has 2 aliphatic rings. The second-order valence-corrected chi connectivity index (χ2v) is 10.3. The topological polar surface area (TPSA) is 96.2 Å². The van der Waals surface area contributed by atoms with Gasteiger partial charge in [-0.3, -0.25) is 14.3 Å². The predicted octanol–water partition coefficient (Wildman–Crippen LogP) is 2.62. The molecule has 1 N–H and O–H groups in total. The Morgan fingerprint density at radius 2 is 1.66 bits per heavy atom. The molecule has 10 heteroatoms. The molecule has 1 aliphatic carbocycles. The quantitative estimate of drug-likeness (QED) is 0.632. The van der Waals surface area contributed by atoms with Gasteiger partial charge in [-0.05, 0) is 25.0 Å². The number of aryl methyl sites for hydroxylation is 1. The molecule has 5 rings (SSSR count). The van der Waals surface area contributed by atoms with Gasteiger partial charge in [-0.15, -0.1) is 0 Å². The third kappa shape index (κ3) is 4.29. The number of sulfonamides is 1. The molecule has 9 nitrogen and oxygen atoms in total. The molecule has 0 amide bonds. The van der Waals surface area contributed by atoms with E-state index in [1.54, 1.807) is 7.05 Å². The third-order valence-electron chi connectivity index (χ3n) is 6.48. The number of para-hydroxylation sites is 2. The average Bonchev–Trinajstić information content (AvgIpc) is 3.26. The molecule has 1 saturated carbocycles. The van der Waals surface area contributed by atoms with Crippen LogP contribution in [0.3, 0.4) is 0 Å². The van der Waals surface area contributed by atoms with E-state index < -0.39 is 10.0 Å². The van der Waals surface area contributed by atoms with Gasteiger partial charge in [0.25, 0.3) is 10.0 Å². The molecule has 32 heavy (non-hydrogen) atoms. The first kappa shape index (κ1) is 21.1. The van der Waals surface area contributed by atoms with Crippen molar-refractivity contribution in [3.63, 3.8) is 0 Å². The molecule has 1 aliphatic heterocycles. The van der Waals surface area contributed by atoms with E-state index in [2.05, 4.69) is 24.6 Å². The summed E-state index contributed by atoms with van der Waals surface area (Å²) in [5.74, 6) is 0.845. The first-order valence-electron chi connectivity index (χ1n) is 11.3. The lowest BCUT2D eigenvalue weighted by Gasteiger charge is -2.41. The van der Waals surface area contributed by atoms with Gasteiger partial charge in [-0.1, -0.05) is 31.4 Å². The minimum atomic E-state index is -3.82. The highest BCUT2D eigenvalue weighted by molar-refractivity contribution is 7.92. The van der Waals surface area contributed by atoms with Crippen molar-refractivity contribution >= 4 is 32.7 Å². The van der Waals surface area contributed by atoms with Gasteiger partial charge < -0.3 is 4.90 Å². The van der Waals surface area contributed by atoms with E-state index in [1.807, 2.05) is 24.3 Å². The fourth-order valence-electron chi connectivity index (χ4n) is 4.75. The van der Waals surface area contributed by atoms with Crippen LogP contribution in [0.2, 0.25) is 0 Å². The maximum absolute atomic E-state index is 13.0. The number of nitrogens with zero attached hydrogens (tertiary/aromatic N) is 6. The highest BCUT2D eigenvalue weighted by Crippen LogP contribution is 2.29. The summed E-state index contributed by atoms with van der Waals surface area (Å²) in [5, 5.41) is 3.98. The van der Waals surface area contributed by atoms with Crippen molar-refractivity contribution in [1.29, 1.82) is 0 Å². The maximum Gasteiger partial charge on any atom is 0.266 e. The van der Waals surface area contributed by atoms with Gasteiger partial charge in [0.05, 0.1) is 17.2 Å². The van der Waals surface area contributed by atoms with Crippen LogP contribution < -0.4 is 9.62 Å². The van der Waals surface area contributed by atoms with Gasteiger partial charge in [0.2, 0.25) is 0 Å². The molecule has 1 saturated heterocycles. The van der Waals surface area contributed by atoms with Gasteiger partial charge in [0.1, 0.15) is 4.90 Å². The number of hydrogen-bond acceptors (Lipinski definition) is 7. The molecule has 0 unspecified atom stereocenters. The Balaban J connectivity index is 1.43. The largest absolute Gasteiger partial charge is 0.351 e. The van der Waals surface area contributed by atoms with Gasteiger partial charge in [0, 0.05) is 45.5 Å². The Kier molecular flexibility index (Phi) is 5.73. The van der Waals surface area contributed by atoms with E-state index in [1.165, 1.54) is 49.2 Å². The van der Waals surface area contributed by atoms with E-state index in [9.17, 15) is 8.42 Å². The molecule has 0 bridgehead atoms. The number of fused-ring (bicyclic) bond motifs is 1. The lowest BCUT2D eigenvalue weighted by atomic mass is 9.94. The molecule has 2 fully saturated rings. The summed E-state index contributed by atoms with van der Waals surface area (Å²) in [6.45, 7) is 3.50. The lowest BCUT2D eigenvalue weighted by Crippen LogP contribution is -2.51. The van der Waals surface area contributed by atoms with Crippen LogP contribution in [0.25, 0.3) is 11.0 Å². The molecule has 0 spiro atoms. The van der Waals surface area contributed by atoms with Crippen molar-refractivity contribution in [3.05, 3.63) is 36.7 Å². The number of rotatable bonds is 5. The third-order valence-corrected chi connectivity index (χ3v) is 7.77. The lowest BCUT2D eigenvalue weighted by molar-refractivity contribution is 0.148. The molecular weight excluding hydrogens is 426 g/mol. The smallest absolute Gasteiger partial charge is 0.266 e. The van der Waals surface area contributed by atoms with Crippen molar-refractivity contribution < 1.29 is 8.42 Å². The van der Waals surface area contributed by atoms with Crippen LogP contribution >= 0.6 is 0 Å². The molecular formula is C22H29N7O2S. The highest BCUT2D eigenvalue weighted by Gasteiger charge is 2.28. The van der Waals surface area contributed by atoms with Gasteiger partial charge in [0.15, 0.2) is 11.6 Å². The standard InChI is InChI=1S/C22H29N7O2S/c1-27-16-18(15-23-27)32(30,31)26-21-22(25-20-10-6-5-9-19(20)24-21)29-13-11-28(12-14-29)17-7-3-2-4-8-17/h5-6,9-10,15-17H,2-4,7-8,11-14H2,1H3,(H,24,26). The Hall–Kier alpha value is -2.72. The van der Waals surface area contributed by atoms with Crippen LogP contribution in [-0.4, -0.2) is 65.3 Å². The number of nitrogens with one attached hydrogen (secondary N) is 1. The molecule has 1 aromatic carbocycles. The second-order valence-electron chi connectivity index (χ2n) is 8.65. The zero-order chi connectivity index (χ0) is 22.1. The van der Waals surface area contributed by atoms with E-state index in [4.69, 9.17) is 4.98 Å². The number of benzene rings is 1. The summed E-state index contributed by atoms with van der Waals surface area (Å²) in [6, 6.07) is 8.22. The zero-order valence-corrected chi connectivity index (χ0v) is 19.1. The number of piperazine rings is 1. The van der Waals surface area contributed by atoms with Crippen LogP contribution in [0.5, 0.6) is 0 Å². The van der Waals surface area contributed by atoms with Gasteiger partial charge >= 0.3 is 0 Å². The molecule has 0 radical (unpaired) electrons. The Morgan fingerprint density at radius 1 is 0.969 bits per heavy atom. The van der Waals surface area contributed by atoms with Crippen molar-refractivity contribution in [2.75, 3.05) is 35.8 Å². The van der Waals surface area contributed by atoms with Crippen LogP contribution in [0.15, 0.2) is 41.6 Å². The minimum Gasteiger partial charge on any atom is -0.351 e. The predicted molar refractivity (Wildman–Crippen MR) is 124 cm³/mol. The maximum atomic E-state index is 13.0. The fourth-order valence-corrected chi connectivity index (χ4v) is 5.74. The zero-order valence-electron chi connectivity index (χ0n) is 18.3. The van der Waals surface area contributed by atoms with Crippen LogP contribution in [0, 0.1) is 0 Å². The second kappa shape index (κ2) is 8.67. The van der Waals surface area contributed by atoms with Crippen molar-refractivity contribution in [2.45, 2.75) is 43.0 Å². The van der Waals surface area contributed by atoms with E-state index in [0.29, 0.717) is 17.4 Å². The SMILES string of the molecule is Cn1cc(S(=O)(=O)Nc2nc3ccccc3nc2N2CCN(C3CCCCC3)CC2)cn1. The molecule has 0 atom stereocenters. The number of aromatic nitrogens is 4. The molecule has 3 heterocycles. The Morgan fingerprint density at radius 3 is 2.31 bits per heavy atom. The van der Waals surface area contributed by atoms with Crippen LogP contribution in [0.4, 0.5) is 11.6 Å². The van der Waals surface area contributed by atoms with Crippen LogP contribution in [0.1, 0.15) is 32.1 Å². The van der Waals surface area contributed by atoms with E-state index >= 15 is 0 Å². The normalized spacial score (nSPS) is 18.8. The van der Waals surface area contributed by atoms with Gasteiger partial charge in [-0.25, -0.2) is 18.4 Å². The summed E-state index contributed by atoms with van der Waals surface area (Å²) >= 11 is 0. The number of anilines is 2. The number of hydrogen-bond donors (Lipinski definition) is 1. The Bertz CT molecular complexity index is 1200. The summed E-state index contributed by atoms with van der Waals surface area (Å²) in [4.78, 5) is 14.3. The first-order valence-corrected chi connectivity index (χ1v) is 12.8. The average molecular weight is 456 g/mol. The summed E-state index contributed by atoms with van der Waals surface area (Å²) in [5.41, 5.74) is 1.41. The van der Waals surface area contributed by atoms with Crippen LogP contribution in [-0.2, 0) is 17.1 Å². The van der Waals surface area contributed by atoms with Crippen molar-refractivity contribution in [3.8, 4) is 0 Å². The van der Waals surface area contributed by atoms with E-state index in [-0.39, 0.29) is 10.7 Å². The summed E-state index contributed by atoms with van der Waals surface area (Å²) < 4.78 is 30.1. The minimum absolute atomic E-state index is 0.100. The monoisotopic (exact) mass is 455 g/mol. The molecule has 3 aromatic rings. The highest BCUT2D eigenvalue weighted by atomic mass is 32.2. The molecule has 170 valence electrons. The van der Waals surface area contributed by atoms with Crippen molar-refractivity contribution in [2.24, 2.45) is 7.05 Å². The first-order chi connectivity index (χ1) is 15.5. The molecule has 2 aromatic heterocycles. The summed E-state index contributed by atoms with van der Waals surface area (Å²) in [7, 11) is -2.14. The van der Waals surface area contributed by atoms with Crippen molar-refractivity contribution in [1.82, 2.24) is 24.6 Å². The van der Waals surface area contributed by atoms with Gasteiger partial charge in [-0.2, -0.15) is 5.10 Å². The summed E-state index contributed by atoms with van der Waals surface area (Å²) in [6.07, 6.45) is 9.36.